The van der Waals surface area contributed by atoms with Gasteiger partial charge in [-0.1, -0.05) is 26.0 Å². The van der Waals surface area contributed by atoms with Gasteiger partial charge in [0.1, 0.15) is 0 Å². The number of amides is 2. The van der Waals surface area contributed by atoms with Gasteiger partial charge in [-0.2, -0.15) is 0 Å². The van der Waals surface area contributed by atoms with Crippen molar-refractivity contribution < 1.29 is 9.59 Å². The highest BCUT2D eigenvalue weighted by Crippen LogP contribution is 2.28. The maximum absolute atomic E-state index is 12.2. The van der Waals surface area contributed by atoms with E-state index in [-0.39, 0.29) is 17.1 Å². The molecule has 0 saturated carbocycles. The fourth-order valence-corrected chi connectivity index (χ4v) is 2.87. The van der Waals surface area contributed by atoms with Crippen molar-refractivity contribution in [3.05, 3.63) is 29.8 Å². The van der Waals surface area contributed by atoms with Gasteiger partial charge < -0.3 is 5.32 Å². The van der Waals surface area contributed by atoms with Crippen molar-refractivity contribution in [1.29, 1.82) is 0 Å². The summed E-state index contributed by atoms with van der Waals surface area (Å²) in [6.45, 7) is 6.46. The molecular weight excluding hydrogens is 260 g/mol. The summed E-state index contributed by atoms with van der Waals surface area (Å²) in [7, 11) is 0. The van der Waals surface area contributed by atoms with Crippen molar-refractivity contribution in [2.75, 3.05) is 11.9 Å². The van der Waals surface area contributed by atoms with E-state index in [1.807, 2.05) is 45.0 Å². The van der Waals surface area contributed by atoms with Gasteiger partial charge in [-0.15, -0.1) is 0 Å². The third kappa shape index (κ3) is 3.29. The smallest absolute Gasteiger partial charge is 0.290 e. The van der Waals surface area contributed by atoms with Crippen molar-refractivity contribution in [2.24, 2.45) is 5.92 Å². The molecule has 2 rings (SSSR count). The van der Waals surface area contributed by atoms with Crippen molar-refractivity contribution in [2.45, 2.75) is 26.1 Å². The van der Waals surface area contributed by atoms with Crippen LogP contribution in [0.1, 0.15) is 19.4 Å². The number of hydrogen-bond acceptors (Lipinski definition) is 4. The molecule has 0 spiro atoms. The molecule has 0 aromatic heterocycles. The molecule has 4 nitrogen and oxygen atoms in total. The molecule has 1 saturated heterocycles. The molecule has 19 heavy (non-hydrogen) atoms. The number of benzene rings is 1. The Labute approximate surface area is 117 Å². The first-order chi connectivity index (χ1) is 8.97. The highest BCUT2D eigenvalue weighted by Gasteiger charge is 2.39. The van der Waals surface area contributed by atoms with Gasteiger partial charge >= 0.3 is 0 Å². The van der Waals surface area contributed by atoms with E-state index in [1.54, 1.807) is 0 Å². The van der Waals surface area contributed by atoms with Gasteiger partial charge in [0.15, 0.2) is 5.37 Å². The first kappa shape index (κ1) is 13.9. The summed E-state index contributed by atoms with van der Waals surface area (Å²) in [5.41, 5.74) is 1.98. The number of carbonyl (C=O) groups excluding carboxylic acids is 2. The van der Waals surface area contributed by atoms with Crippen LogP contribution in [0.25, 0.3) is 0 Å². The number of rotatable bonds is 4. The molecule has 1 atom stereocenters. The zero-order valence-corrected chi connectivity index (χ0v) is 12.2. The molecule has 0 bridgehead atoms. The molecule has 0 radical (unpaired) electrons. The van der Waals surface area contributed by atoms with Gasteiger partial charge in [0.2, 0.25) is 0 Å². The Morgan fingerprint density at radius 3 is 2.74 bits per heavy atom. The number of anilines is 1. The molecule has 1 aliphatic rings. The van der Waals surface area contributed by atoms with Crippen LogP contribution in [-0.4, -0.2) is 28.0 Å². The van der Waals surface area contributed by atoms with Crippen LogP contribution < -0.4 is 5.32 Å². The van der Waals surface area contributed by atoms with Crippen LogP contribution in [0.2, 0.25) is 0 Å². The fraction of sp³-hybridized carbons (Fsp3) is 0.429. The molecule has 0 unspecified atom stereocenters. The second-order valence-corrected chi connectivity index (χ2v) is 6.18. The molecule has 1 heterocycles. The van der Waals surface area contributed by atoms with Gasteiger partial charge in [0.05, 0.1) is 0 Å². The largest absolute Gasteiger partial charge is 0.365 e. The van der Waals surface area contributed by atoms with Crippen molar-refractivity contribution >= 4 is 28.6 Å². The van der Waals surface area contributed by atoms with Crippen LogP contribution in [0.15, 0.2) is 24.3 Å². The summed E-state index contributed by atoms with van der Waals surface area (Å²) in [6, 6.07) is 7.78. The number of carbonyl (C=O) groups is 2. The summed E-state index contributed by atoms with van der Waals surface area (Å²) in [6.07, 6.45) is 0. The van der Waals surface area contributed by atoms with E-state index in [9.17, 15) is 9.59 Å². The molecule has 0 aliphatic carbocycles. The normalized spacial score (nSPS) is 19.4. The molecule has 1 aliphatic heterocycles. The summed E-state index contributed by atoms with van der Waals surface area (Å²) in [5, 5.41) is 2.45. The minimum Gasteiger partial charge on any atom is -0.365 e. The Bertz CT molecular complexity index is 502. The van der Waals surface area contributed by atoms with Crippen LogP contribution >= 0.6 is 11.8 Å². The van der Waals surface area contributed by atoms with E-state index in [0.29, 0.717) is 6.54 Å². The number of thioether (sulfide) groups is 1. The molecule has 1 aromatic rings. The lowest BCUT2D eigenvalue weighted by molar-refractivity contribution is -0.126. The van der Waals surface area contributed by atoms with Crippen molar-refractivity contribution in [3.8, 4) is 0 Å². The lowest BCUT2D eigenvalue weighted by Crippen LogP contribution is -2.36. The van der Waals surface area contributed by atoms with Crippen molar-refractivity contribution in [1.82, 2.24) is 4.90 Å². The van der Waals surface area contributed by atoms with Crippen LogP contribution in [0, 0.1) is 12.8 Å². The minimum atomic E-state index is -0.506. The Morgan fingerprint density at radius 2 is 2.11 bits per heavy atom. The molecular formula is C14H18N2O2S. The topological polar surface area (TPSA) is 49.4 Å². The van der Waals surface area contributed by atoms with Gasteiger partial charge in [-0.25, -0.2) is 0 Å². The van der Waals surface area contributed by atoms with E-state index in [0.717, 1.165) is 23.0 Å². The van der Waals surface area contributed by atoms with Gasteiger partial charge in [-0.3, -0.25) is 14.5 Å². The van der Waals surface area contributed by atoms with E-state index in [2.05, 4.69) is 5.32 Å². The Hall–Kier alpha value is -1.49. The van der Waals surface area contributed by atoms with Crippen LogP contribution in [-0.2, 0) is 4.79 Å². The van der Waals surface area contributed by atoms with Crippen LogP contribution in [0.4, 0.5) is 10.5 Å². The van der Waals surface area contributed by atoms with Crippen molar-refractivity contribution in [3.63, 3.8) is 0 Å². The predicted octanol–water partition coefficient (Wildman–Crippen LogP) is 3.08. The zero-order chi connectivity index (χ0) is 14.0. The second-order valence-electron chi connectivity index (χ2n) is 5.12. The number of imide groups is 1. The van der Waals surface area contributed by atoms with E-state index in [1.165, 1.54) is 4.90 Å². The van der Waals surface area contributed by atoms with Gasteiger partial charge in [-0.05, 0) is 42.3 Å². The number of hydrogen-bond donors (Lipinski definition) is 1. The van der Waals surface area contributed by atoms with Gasteiger partial charge in [0.25, 0.3) is 11.1 Å². The summed E-state index contributed by atoms with van der Waals surface area (Å²) in [5.74, 6) is 0.136. The van der Waals surface area contributed by atoms with E-state index in [4.69, 9.17) is 0 Å². The van der Waals surface area contributed by atoms with E-state index < -0.39 is 5.37 Å². The third-order valence-corrected chi connectivity index (χ3v) is 3.77. The summed E-state index contributed by atoms with van der Waals surface area (Å²) < 4.78 is 0. The highest BCUT2D eigenvalue weighted by molar-refractivity contribution is 8.15. The summed E-state index contributed by atoms with van der Waals surface area (Å²) >= 11 is 1.05. The maximum atomic E-state index is 12.2. The van der Waals surface area contributed by atoms with Crippen LogP contribution in [0.5, 0.6) is 0 Å². The number of nitrogens with zero attached hydrogens (tertiary/aromatic N) is 1. The highest BCUT2D eigenvalue weighted by atomic mass is 32.2. The lowest BCUT2D eigenvalue weighted by Gasteiger charge is -2.16. The lowest BCUT2D eigenvalue weighted by atomic mass is 10.2. The van der Waals surface area contributed by atoms with Gasteiger partial charge in [0, 0.05) is 12.2 Å². The Kier molecular flexibility index (Phi) is 4.14. The molecule has 1 aromatic carbocycles. The molecule has 2 amide bonds. The van der Waals surface area contributed by atoms with Crippen LogP contribution in [0.3, 0.4) is 0 Å². The monoisotopic (exact) mass is 278 g/mol. The Morgan fingerprint density at radius 1 is 1.37 bits per heavy atom. The molecule has 1 fully saturated rings. The predicted molar refractivity (Wildman–Crippen MR) is 78.1 cm³/mol. The average Bonchev–Trinajstić information content (AvgIpc) is 2.57. The minimum absolute atomic E-state index is 0.148. The molecule has 1 N–H and O–H groups in total. The third-order valence-electron chi connectivity index (χ3n) is 2.79. The van der Waals surface area contributed by atoms with E-state index >= 15 is 0 Å². The second kappa shape index (κ2) is 5.65. The SMILES string of the molecule is Cc1cccc(N[C@@H]2SC(=O)N(CC(C)C)C2=O)c1. The zero-order valence-electron chi connectivity index (χ0n) is 11.3. The first-order valence-corrected chi connectivity index (χ1v) is 7.20. The number of aryl methyl sites for hydroxylation is 1. The quantitative estimate of drug-likeness (QED) is 0.919. The molecule has 5 heteroatoms. The summed E-state index contributed by atoms with van der Waals surface area (Å²) in [4.78, 5) is 25.3. The standard InChI is InChI=1S/C14H18N2O2S/c1-9(2)8-16-13(17)12(19-14(16)18)15-11-6-4-5-10(3)7-11/h4-7,9,12,15H,8H2,1-3H3/t12-/m1/s1. The fourth-order valence-electron chi connectivity index (χ4n) is 1.95. The maximum Gasteiger partial charge on any atom is 0.290 e. The molecule has 102 valence electrons. The average molecular weight is 278 g/mol. The Balaban J connectivity index is 2.07. The first-order valence-electron chi connectivity index (χ1n) is 6.32. The number of nitrogens with one attached hydrogen (secondary N) is 1.